The Balaban J connectivity index is 1.92. The average molecular weight is 281 g/mol. The van der Waals surface area contributed by atoms with Crippen molar-refractivity contribution in [3.05, 3.63) is 11.9 Å². The van der Waals surface area contributed by atoms with Crippen molar-refractivity contribution >= 4 is 17.6 Å². The minimum atomic E-state index is -0.265. The summed E-state index contributed by atoms with van der Waals surface area (Å²) in [6.07, 6.45) is 1.61. The molecule has 0 aromatic carbocycles. The van der Waals surface area contributed by atoms with Crippen LogP contribution in [0.3, 0.4) is 0 Å². The molecule has 1 saturated heterocycles. The van der Waals surface area contributed by atoms with Gasteiger partial charge in [0.1, 0.15) is 0 Å². The van der Waals surface area contributed by atoms with E-state index in [-0.39, 0.29) is 24.1 Å². The summed E-state index contributed by atoms with van der Waals surface area (Å²) in [6, 6.07) is 0. The van der Waals surface area contributed by atoms with Crippen molar-refractivity contribution in [2.75, 3.05) is 45.6 Å². The van der Waals surface area contributed by atoms with E-state index in [0.717, 1.165) is 0 Å². The highest BCUT2D eigenvalue weighted by molar-refractivity contribution is 5.97. The molecule has 0 aliphatic carbocycles. The molecule has 8 heteroatoms. The second-order valence-electron chi connectivity index (χ2n) is 4.75. The van der Waals surface area contributed by atoms with Crippen LogP contribution >= 0.6 is 0 Å². The number of anilines is 1. The molecular formula is C12H19N5O3. The van der Waals surface area contributed by atoms with E-state index in [1.165, 1.54) is 11.8 Å². The number of piperazine rings is 1. The van der Waals surface area contributed by atoms with Crippen LogP contribution in [0.5, 0.6) is 0 Å². The van der Waals surface area contributed by atoms with Crippen molar-refractivity contribution in [2.45, 2.75) is 0 Å². The molecule has 1 aliphatic heterocycles. The van der Waals surface area contributed by atoms with Crippen LogP contribution in [0, 0.1) is 0 Å². The number of nitrogen functional groups attached to an aromatic ring is 1. The monoisotopic (exact) mass is 281 g/mol. The van der Waals surface area contributed by atoms with Crippen LogP contribution < -0.4 is 5.73 Å². The molecule has 0 unspecified atom stereocenters. The lowest BCUT2D eigenvalue weighted by Gasteiger charge is -2.33. The van der Waals surface area contributed by atoms with E-state index >= 15 is 0 Å². The number of carbonyl (C=O) groups excluding carboxylic acids is 2. The Kier molecular flexibility index (Phi) is 4.23. The molecule has 2 N–H and O–H groups in total. The molecule has 0 atom stereocenters. The number of esters is 1. The molecule has 110 valence electrons. The molecule has 0 spiro atoms. The van der Waals surface area contributed by atoms with E-state index in [0.29, 0.717) is 31.9 Å². The van der Waals surface area contributed by atoms with Gasteiger partial charge in [0.05, 0.1) is 19.3 Å². The van der Waals surface area contributed by atoms with Gasteiger partial charge >= 0.3 is 5.97 Å². The Morgan fingerprint density at radius 1 is 1.35 bits per heavy atom. The van der Waals surface area contributed by atoms with Crippen molar-refractivity contribution < 1.29 is 14.3 Å². The van der Waals surface area contributed by atoms with Crippen LogP contribution in [-0.2, 0) is 16.6 Å². The van der Waals surface area contributed by atoms with E-state index in [1.54, 1.807) is 18.1 Å². The fourth-order valence-corrected chi connectivity index (χ4v) is 2.18. The molecule has 1 fully saturated rings. The third-order valence-electron chi connectivity index (χ3n) is 3.30. The zero-order chi connectivity index (χ0) is 14.7. The van der Waals surface area contributed by atoms with Crippen LogP contribution in [0.1, 0.15) is 10.5 Å². The Labute approximate surface area is 117 Å². The summed E-state index contributed by atoms with van der Waals surface area (Å²) >= 11 is 0. The molecule has 8 nitrogen and oxygen atoms in total. The molecule has 1 aromatic heterocycles. The maximum Gasteiger partial charge on any atom is 0.319 e. The maximum atomic E-state index is 12.3. The van der Waals surface area contributed by atoms with Crippen LogP contribution in [0.15, 0.2) is 6.20 Å². The summed E-state index contributed by atoms with van der Waals surface area (Å²) < 4.78 is 6.15. The van der Waals surface area contributed by atoms with Crippen molar-refractivity contribution in [1.29, 1.82) is 0 Å². The summed E-state index contributed by atoms with van der Waals surface area (Å²) in [5, 5.41) is 4.08. The predicted molar refractivity (Wildman–Crippen MR) is 72.0 cm³/mol. The molecule has 1 amide bonds. The van der Waals surface area contributed by atoms with Gasteiger partial charge in [-0.3, -0.25) is 19.2 Å². The van der Waals surface area contributed by atoms with Gasteiger partial charge in [-0.1, -0.05) is 0 Å². The van der Waals surface area contributed by atoms with Gasteiger partial charge in [-0.25, -0.2) is 0 Å². The normalized spacial score (nSPS) is 16.2. The highest BCUT2D eigenvalue weighted by Crippen LogP contribution is 2.13. The zero-order valence-corrected chi connectivity index (χ0v) is 11.7. The van der Waals surface area contributed by atoms with Gasteiger partial charge in [0, 0.05) is 39.4 Å². The largest absolute Gasteiger partial charge is 0.468 e. The summed E-state index contributed by atoms with van der Waals surface area (Å²) in [6.45, 7) is 2.61. The van der Waals surface area contributed by atoms with Gasteiger partial charge in [0.15, 0.2) is 5.69 Å². The van der Waals surface area contributed by atoms with Crippen LogP contribution in [0.2, 0.25) is 0 Å². The molecule has 0 radical (unpaired) electrons. The number of aromatic nitrogens is 2. The molecular weight excluding hydrogens is 262 g/mol. The van der Waals surface area contributed by atoms with Crippen LogP contribution in [0.4, 0.5) is 5.69 Å². The number of ether oxygens (including phenoxy) is 1. The summed E-state index contributed by atoms with van der Waals surface area (Å²) in [5.41, 5.74) is 6.43. The number of methoxy groups -OCH3 is 1. The Hall–Kier alpha value is -2.09. The van der Waals surface area contributed by atoms with Crippen LogP contribution in [-0.4, -0.2) is 71.3 Å². The average Bonchev–Trinajstić information content (AvgIpc) is 2.77. The quantitative estimate of drug-likeness (QED) is 0.709. The van der Waals surface area contributed by atoms with Gasteiger partial charge in [-0.05, 0) is 0 Å². The molecule has 1 aromatic rings. The van der Waals surface area contributed by atoms with E-state index in [2.05, 4.69) is 9.84 Å². The number of rotatable bonds is 3. The van der Waals surface area contributed by atoms with E-state index in [4.69, 9.17) is 5.73 Å². The number of aryl methyl sites for hydroxylation is 1. The molecule has 2 heterocycles. The number of amides is 1. The third-order valence-corrected chi connectivity index (χ3v) is 3.30. The smallest absolute Gasteiger partial charge is 0.319 e. The number of carbonyl (C=O) groups is 2. The summed E-state index contributed by atoms with van der Waals surface area (Å²) in [5.74, 6) is -0.431. The number of hydrogen-bond acceptors (Lipinski definition) is 6. The minimum absolute atomic E-state index is 0.166. The Bertz CT molecular complexity index is 505. The Morgan fingerprint density at radius 3 is 2.50 bits per heavy atom. The maximum absolute atomic E-state index is 12.3. The van der Waals surface area contributed by atoms with Gasteiger partial charge < -0.3 is 15.4 Å². The van der Waals surface area contributed by atoms with Crippen molar-refractivity contribution in [3.63, 3.8) is 0 Å². The molecule has 2 rings (SSSR count). The first-order chi connectivity index (χ1) is 9.51. The highest BCUT2D eigenvalue weighted by Gasteiger charge is 2.26. The zero-order valence-electron chi connectivity index (χ0n) is 11.7. The number of hydrogen-bond donors (Lipinski definition) is 1. The lowest BCUT2D eigenvalue weighted by atomic mass is 10.2. The first kappa shape index (κ1) is 14.3. The summed E-state index contributed by atoms with van der Waals surface area (Å²) in [7, 11) is 3.09. The SMILES string of the molecule is COC(=O)CN1CCN(C(=O)c2nn(C)cc2N)CC1. The minimum Gasteiger partial charge on any atom is -0.468 e. The van der Waals surface area contributed by atoms with Gasteiger partial charge in [-0.2, -0.15) is 5.10 Å². The third kappa shape index (κ3) is 3.08. The number of nitrogens with zero attached hydrogens (tertiary/aromatic N) is 4. The van der Waals surface area contributed by atoms with Crippen molar-refractivity contribution in [2.24, 2.45) is 7.05 Å². The lowest BCUT2D eigenvalue weighted by molar-refractivity contribution is -0.142. The molecule has 0 bridgehead atoms. The predicted octanol–water partition coefficient (Wildman–Crippen LogP) is -1.07. The van der Waals surface area contributed by atoms with Gasteiger partial charge in [0.25, 0.3) is 5.91 Å². The fourth-order valence-electron chi connectivity index (χ4n) is 2.18. The Morgan fingerprint density at radius 2 is 2.00 bits per heavy atom. The second kappa shape index (κ2) is 5.91. The van der Waals surface area contributed by atoms with Crippen molar-refractivity contribution in [1.82, 2.24) is 19.6 Å². The van der Waals surface area contributed by atoms with Crippen LogP contribution in [0.25, 0.3) is 0 Å². The van der Waals surface area contributed by atoms with E-state index in [9.17, 15) is 9.59 Å². The van der Waals surface area contributed by atoms with Crippen molar-refractivity contribution in [3.8, 4) is 0 Å². The second-order valence-corrected chi connectivity index (χ2v) is 4.75. The molecule has 0 saturated carbocycles. The first-order valence-corrected chi connectivity index (χ1v) is 6.39. The highest BCUT2D eigenvalue weighted by atomic mass is 16.5. The van der Waals surface area contributed by atoms with E-state index < -0.39 is 0 Å². The van der Waals surface area contributed by atoms with E-state index in [1.807, 2.05) is 4.90 Å². The molecule has 20 heavy (non-hydrogen) atoms. The number of nitrogens with two attached hydrogens (primary N) is 1. The van der Waals surface area contributed by atoms with Gasteiger partial charge in [0.2, 0.25) is 0 Å². The lowest BCUT2D eigenvalue weighted by Crippen LogP contribution is -2.50. The molecule has 1 aliphatic rings. The topological polar surface area (TPSA) is 93.7 Å². The van der Waals surface area contributed by atoms with Gasteiger partial charge in [-0.15, -0.1) is 0 Å². The standard InChI is InChI=1S/C12H19N5O3/c1-15-7-9(13)11(14-15)12(19)17-5-3-16(4-6-17)8-10(18)20-2/h7H,3-6,8,13H2,1-2H3. The summed E-state index contributed by atoms with van der Waals surface area (Å²) in [4.78, 5) is 27.1. The fraction of sp³-hybridized carbons (Fsp3) is 0.583. The first-order valence-electron chi connectivity index (χ1n) is 6.39.